The molecule has 1 heterocycles. The molecule has 1 rings (SSSR count). The molecule has 0 saturated heterocycles. The molecule has 0 radical (unpaired) electrons. The number of amides is 2. The van der Waals surface area contributed by atoms with Crippen LogP contribution in [0, 0.1) is 5.92 Å². The predicted molar refractivity (Wildman–Crippen MR) is 73.3 cm³/mol. The Morgan fingerprint density at radius 3 is 2.67 bits per heavy atom. The second-order valence-electron chi connectivity index (χ2n) is 4.59. The summed E-state index contributed by atoms with van der Waals surface area (Å²) in [6.07, 6.45) is 1.68. The lowest BCUT2D eigenvalue weighted by atomic mass is 10.2. The van der Waals surface area contributed by atoms with Crippen molar-refractivity contribution in [1.82, 2.24) is 15.2 Å². The Kier molecular flexibility index (Phi) is 5.40. The van der Waals surface area contributed by atoms with Crippen LogP contribution < -0.4 is 5.32 Å². The van der Waals surface area contributed by atoms with E-state index in [1.165, 1.54) is 4.90 Å². The van der Waals surface area contributed by atoms with E-state index in [0.29, 0.717) is 18.2 Å². The number of hydrogen-bond acceptors (Lipinski definition) is 2. The van der Waals surface area contributed by atoms with E-state index in [1.54, 1.807) is 19.3 Å². The Bertz CT molecular complexity index is 429. The number of carbonyl (C=O) groups excluding carboxylic acids is 2. The SMILES string of the molecule is CC(C)CNC(=O)CN(C)C(=O)c1cc(Br)c[nH]1. The van der Waals surface area contributed by atoms with Crippen molar-refractivity contribution in [2.75, 3.05) is 20.1 Å². The minimum atomic E-state index is -0.208. The Hall–Kier alpha value is -1.30. The van der Waals surface area contributed by atoms with Gasteiger partial charge in [0.1, 0.15) is 5.69 Å². The maximum Gasteiger partial charge on any atom is 0.270 e. The molecule has 0 aromatic carbocycles. The molecule has 100 valence electrons. The highest BCUT2D eigenvalue weighted by Gasteiger charge is 2.16. The van der Waals surface area contributed by atoms with E-state index >= 15 is 0 Å². The quantitative estimate of drug-likeness (QED) is 0.867. The Balaban J connectivity index is 2.47. The minimum Gasteiger partial charge on any atom is -0.356 e. The van der Waals surface area contributed by atoms with Crippen molar-refractivity contribution in [3.05, 3.63) is 22.4 Å². The molecule has 0 fully saturated rings. The molecule has 1 aromatic rings. The summed E-state index contributed by atoms with van der Waals surface area (Å²) in [7, 11) is 1.60. The Morgan fingerprint density at radius 1 is 1.50 bits per heavy atom. The van der Waals surface area contributed by atoms with E-state index in [-0.39, 0.29) is 18.4 Å². The molecule has 0 aliphatic heterocycles. The third-order valence-corrected chi connectivity index (χ3v) is 2.77. The fourth-order valence-corrected chi connectivity index (χ4v) is 1.70. The van der Waals surface area contributed by atoms with Gasteiger partial charge in [-0.25, -0.2) is 0 Å². The van der Waals surface area contributed by atoms with Crippen LogP contribution in [0.4, 0.5) is 0 Å². The van der Waals surface area contributed by atoms with Crippen molar-refractivity contribution < 1.29 is 9.59 Å². The monoisotopic (exact) mass is 315 g/mol. The van der Waals surface area contributed by atoms with Gasteiger partial charge in [0, 0.05) is 24.3 Å². The van der Waals surface area contributed by atoms with Crippen molar-refractivity contribution in [1.29, 1.82) is 0 Å². The number of halogens is 1. The number of rotatable bonds is 5. The van der Waals surface area contributed by atoms with Gasteiger partial charge in [-0.1, -0.05) is 13.8 Å². The highest BCUT2D eigenvalue weighted by atomic mass is 79.9. The summed E-state index contributed by atoms with van der Waals surface area (Å²) in [4.78, 5) is 27.7. The molecule has 0 atom stereocenters. The molecular formula is C12H18BrN3O2. The largest absolute Gasteiger partial charge is 0.356 e. The third kappa shape index (κ3) is 4.52. The third-order valence-electron chi connectivity index (χ3n) is 2.31. The van der Waals surface area contributed by atoms with Gasteiger partial charge in [-0.15, -0.1) is 0 Å². The van der Waals surface area contributed by atoms with E-state index in [2.05, 4.69) is 26.2 Å². The Labute approximate surface area is 115 Å². The first-order valence-electron chi connectivity index (χ1n) is 5.76. The molecule has 0 spiro atoms. The first kappa shape index (κ1) is 14.8. The number of carbonyl (C=O) groups is 2. The number of aromatic amines is 1. The second kappa shape index (κ2) is 6.58. The molecule has 2 N–H and O–H groups in total. The van der Waals surface area contributed by atoms with Crippen LogP contribution in [0.25, 0.3) is 0 Å². The van der Waals surface area contributed by atoms with Crippen molar-refractivity contribution in [3.8, 4) is 0 Å². The van der Waals surface area contributed by atoms with Gasteiger partial charge in [0.05, 0.1) is 6.54 Å². The molecule has 0 bridgehead atoms. The van der Waals surface area contributed by atoms with Crippen LogP contribution in [0.5, 0.6) is 0 Å². The summed E-state index contributed by atoms with van der Waals surface area (Å²) in [5, 5.41) is 2.77. The number of aromatic nitrogens is 1. The van der Waals surface area contributed by atoms with Crippen LogP contribution >= 0.6 is 15.9 Å². The smallest absolute Gasteiger partial charge is 0.270 e. The zero-order valence-electron chi connectivity index (χ0n) is 10.8. The number of nitrogens with one attached hydrogen (secondary N) is 2. The fraction of sp³-hybridized carbons (Fsp3) is 0.500. The topological polar surface area (TPSA) is 65.2 Å². The van der Waals surface area contributed by atoms with Gasteiger partial charge >= 0.3 is 0 Å². The summed E-state index contributed by atoms with van der Waals surface area (Å²) < 4.78 is 0.809. The van der Waals surface area contributed by atoms with Crippen molar-refractivity contribution >= 4 is 27.7 Å². The molecule has 0 aliphatic rings. The zero-order chi connectivity index (χ0) is 13.7. The van der Waals surface area contributed by atoms with Crippen LogP contribution in [0.15, 0.2) is 16.7 Å². The van der Waals surface area contributed by atoms with Crippen LogP contribution in [0.3, 0.4) is 0 Å². The lowest BCUT2D eigenvalue weighted by molar-refractivity contribution is -0.121. The number of H-pyrrole nitrogens is 1. The van der Waals surface area contributed by atoms with Crippen LogP contribution in [0.1, 0.15) is 24.3 Å². The summed E-state index contributed by atoms with van der Waals surface area (Å²) in [6, 6.07) is 1.69. The van der Waals surface area contributed by atoms with Crippen molar-refractivity contribution in [2.24, 2.45) is 5.92 Å². The highest BCUT2D eigenvalue weighted by Crippen LogP contribution is 2.11. The van der Waals surface area contributed by atoms with E-state index in [9.17, 15) is 9.59 Å². The second-order valence-corrected chi connectivity index (χ2v) is 5.51. The van der Waals surface area contributed by atoms with Gasteiger partial charge in [-0.2, -0.15) is 0 Å². The normalized spacial score (nSPS) is 10.5. The molecule has 6 heteroatoms. The zero-order valence-corrected chi connectivity index (χ0v) is 12.4. The standard InChI is InChI=1S/C12H18BrN3O2/c1-8(2)5-15-11(17)7-16(3)12(18)10-4-9(13)6-14-10/h4,6,8,14H,5,7H2,1-3H3,(H,15,17). The van der Waals surface area contributed by atoms with Crippen molar-refractivity contribution in [3.63, 3.8) is 0 Å². The first-order valence-corrected chi connectivity index (χ1v) is 6.55. The highest BCUT2D eigenvalue weighted by molar-refractivity contribution is 9.10. The molecule has 0 aliphatic carbocycles. The Morgan fingerprint density at radius 2 is 2.17 bits per heavy atom. The maximum absolute atomic E-state index is 11.9. The van der Waals surface area contributed by atoms with Gasteiger partial charge in [0.15, 0.2) is 0 Å². The maximum atomic E-state index is 11.9. The molecule has 2 amide bonds. The van der Waals surface area contributed by atoms with Crippen LogP contribution in [-0.4, -0.2) is 41.8 Å². The molecular weight excluding hydrogens is 298 g/mol. The van der Waals surface area contributed by atoms with Gasteiger partial charge in [-0.3, -0.25) is 9.59 Å². The summed E-state index contributed by atoms with van der Waals surface area (Å²) >= 11 is 3.26. The van der Waals surface area contributed by atoms with Gasteiger partial charge in [-0.05, 0) is 27.9 Å². The van der Waals surface area contributed by atoms with E-state index in [1.807, 2.05) is 13.8 Å². The number of likely N-dealkylation sites (N-methyl/N-ethyl adjacent to an activating group) is 1. The fourth-order valence-electron chi connectivity index (χ4n) is 1.36. The van der Waals surface area contributed by atoms with E-state index < -0.39 is 0 Å². The van der Waals surface area contributed by atoms with Crippen molar-refractivity contribution in [2.45, 2.75) is 13.8 Å². The minimum absolute atomic E-state index is 0.0577. The van der Waals surface area contributed by atoms with E-state index in [0.717, 1.165) is 4.47 Å². The van der Waals surface area contributed by atoms with Gasteiger partial charge in [0.25, 0.3) is 5.91 Å². The van der Waals surface area contributed by atoms with Crippen LogP contribution in [0.2, 0.25) is 0 Å². The van der Waals surface area contributed by atoms with E-state index in [4.69, 9.17) is 0 Å². The number of nitrogens with zero attached hydrogens (tertiary/aromatic N) is 1. The lowest BCUT2D eigenvalue weighted by Crippen LogP contribution is -2.39. The molecule has 5 nitrogen and oxygen atoms in total. The lowest BCUT2D eigenvalue weighted by Gasteiger charge is -2.16. The molecule has 1 aromatic heterocycles. The van der Waals surface area contributed by atoms with Gasteiger partial charge < -0.3 is 15.2 Å². The summed E-state index contributed by atoms with van der Waals surface area (Å²) in [5.41, 5.74) is 0.459. The number of hydrogen-bond donors (Lipinski definition) is 2. The predicted octanol–water partition coefficient (Wildman–Crippen LogP) is 1.62. The first-order chi connectivity index (χ1) is 8.40. The average Bonchev–Trinajstić information content (AvgIpc) is 2.72. The average molecular weight is 316 g/mol. The van der Waals surface area contributed by atoms with Gasteiger partial charge in [0.2, 0.25) is 5.91 Å². The molecule has 0 saturated carbocycles. The molecule has 0 unspecified atom stereocenters. The molecule has 18 heavy (non-hydrogen) atoms. The summed E-state index contributed by atoms with van der Waals surface area (Å²) in [5.74, 6) is 0.0416. The summed E-state index contributed by atoms with van der Waals surface area (Å²) in [6.45, 7) is 4.72. The van der Waals surface area contributed by atoms with Crippen LogP contribution in [-0.2, 0) is 4.79 Å².